The predicted octanol–water partition coefficient (Wildman–Crippen LogP) is 3.15. The second-order valence-corrected chi connectivity index (χ2v) is 5.85. The van der Waals surface area contributed by atoms with Crippen molar-refractivity contribution in [2.75, 3.05) is 20.7 Å². The zero-order chi connectivity index (χ0) is 15.1. The number of pyridine rings is 1. The maximum atomic E-state index is 5.38. The number of likely N-dealkylation sites (N-methyl/N-ethyl adjacent to an activating group) is 1. The Balaban J connectivity index is 1.91. The Morgan fingerprint density at radius 3 is 3.00 bits per heavy atom. The summed E-state index contributed by atoms with van der Waals surface area (Å²) in [6.07, 6.45) is 4.83. The molecule has 1 N–H and O–H groups in total. The third kappa shape index (κ3) is 1.99. The van der Waals surface area contributed by atoms with Crippen LogP contribution in [0.25, 0.3) is 10.9 Å². The van der Waals surface area contributed by atoms with Gasteiger partial charge in [0.25, 0.3) is 0 Å². The van der Waals surface area contributed by atoms with Crippen LogP contribution in [-0.4, -0.2) is 35.6 Å². The molecule has 0 aliphatic carbocycles. The third-order valence-corrected chi connectivity index (χ3v) is 4.58. The molecular weight excluding hydrogens is 274 g/mol. The number of hydrogen-bond acceptors (Lipinski definition) is 3. The number of hydrogen-bond donors (Lipinski definition) is 1. The van der Waals surface area contributed by atoms with Crippen molar-refractivity contribution in [1.82, 2.24) is 14.9 Å². The van der Waals surface area contributed by atoms with Crippen molar-refractivity contribution in [1.29, 1.82) is 0 Å². The second-order valence-electron chi connectivity index (χ2n) is 5.85. The first kappa shape index (κ1) is 13.3. The van der Waals surface area contributed by atoms with E-state index in [9.17, 15) is 0 Å². The number of rotatable bonds is 2. The topological polar surface area (TPSA) is 41.1 Å². The van der Waals surface area contributed by atoms with Gasteiger partial charge in [-0.2, -0.15) is 0 Å². The Kier molecular flexibility index (Phi) is 3.12. The summed E-state index contributed by atoms with van der Waals surface area (Å²) in [4.78, 5) is 10.3. The predicted molar refractivity (Wildman–Crippen MR) is 87.3 cm³/mol. The fourth-order valence-electron chi connectivity index (χ4n) is 3.47. The summed E-state index contributed by atoms with van der Waals surface area (Å²) in [6.45, 7) is 1.04. The number of benzene rings is 1. The van der Waals surface area contributed by atoms with Gasteiger partial charge in [-0.3, -0.25) is 9.88 Å². The van der Waals surface area contributed by atoms with Crippen LogP contribution in [-0.2, 0) is 6.42 Å². The molecule has 4 rings (SSSR count). The Bertz CT molecular complexity index is 810. The molecule has 2 aromatic heterocycles. The van der Waals surface area contributed by atoms with E-state index < -0.39 is 0 Å². The largest absolute Gasteiger partial charge is 0.497 e. The number of H-pyrrole nitrogens is 1. The molecule has 0 unspecified atom stereocenters. The van der Waals surface area contributed by atoms with Crippen LogP contribution in [0.3, 0.4) is 0 Å². The smallest absolute Gasteiger partial charge is 0.119 e. The van der Waals surface area contributed by atoms with E-state index in [-0.39, 0.29) is 6.04 Å². The molecule has 4 heteroatoms. The van der Waals surface area contributed by atoms with Gasteiger partial charge < -0.3 is 9.72 Å². The van der Waals surface area contributed by atoms with Crippen molar-refractivity contribution >= 4 is 10.9 Å². The van der Waals surface area contributed by atoms with E-state index in [0.717, 1.165) is 18.7 Å². The number of methoxy groups -OCH3 is 1. The van der Waals surface area contributed by atoms with Gasteiger partial charge in [0.05, 0.1) is 13.2 Å². The minimum absolute atomic E-state index is 0.232. The first-order valence-corrected chi connectivity index (χ1v) is 7.56. The number of nitrogens with one attached hydrogen (secondary N) is 1. The lowest BCUT2D eigenvalue weighted by molar-refractivity contribution is 0.261. The van der Waals surface area contributed by atoms with E-state index in [1.54, 1.807) is 7.11 Å². The van der Waals surface area contributed by atoms with Gasteiger partial charge in [0.2, 0.25) is 0 Å². The van der Waals surface area contributed by atoms with Crippen molar-refractivity contribution in [3.05, 3.63) is 59.5 Å². The number of ether oxygens (including phenoxy) is 1. The molecule has 112 valence electrons. The first-order chi connectivity index (χ1) is 10.8. The van der Waals surface area contributed by atoms with E-state index >= 15 is 0 Å². The molecule has 0 spiro atoms. The van der Waals surface area contributed by atoms with Gasteiger partial charge in [0, 0.05) is 35.5 Å². The average molecular weight is 293 g/mol. The monoisotopic (exact) mass is 293 g/mol. The molecule has 3 heterocycles. The SMILES string of the molecule is COc1ccc2[nH]c3c(c2c1)CCN(C)[C@@H]3c1cccnc1. The van der Waals surface area contributed by atoms with Gasteiger partial charge in [-0.1, -0.05) is 6.07 Å². The van der Waals surface area contributed by atoms with Crippen molar-refractivity contribution in [3.63, 3.8) is 0 Å². The maximum absolute atomic E-state index is 5.38. The van der Waals surface area contributed by atoms with Crippen LogP contribution >= 0.6 is 0 Å². The lowest BCUT2D eigenvalue weighted by atomic mass is 9.94. The van der Waals surface area contributed by atoms with Crippen LogP contribution in [0.5, 0.6) is 5.75 Å². The normalized spacial score (nSPS) is 18.4. The Labute approximate surface area is 129 Å². The maximum Gasteiger partial charge on any atom is 0.119 e. The van der Waals surface area contributed by atoms with E-state index in [1.165, 1.54) is 27.7 Å². The number of aromatic amines is 1. The standard InChI is InChI=1S/C18H19N3O/c1-21-9-7-14-15-10-13(22-2)5-6-16(15)20-17(14)18(21)12-4-3-8-19-11-12/h3-6,8,10-11,18,20H,7,9H2,1-2H3/t18-/m1/s1. The molecule has 0 radical (unpaired) electrons. The fraction of sp³-hybridized carbons (Fsp3) is 0.278. The lowest BCUT2D eigenvalue weighted by Gasteiger charge is -2.32. The fourth-order valence-corrected chi connectivity index (χ4v) is 3.47. The molecule has 1 aliphatic heterocycles. The molecule has 0 fully saturated rings. The van der Waals surface area contributed by atoms with Crippen LogP contribution < -0.4 is 4.74 Å². The van der Waals surface area contributed by atoms with Crippen molar-refractivity contribution in [3.8, 4) is 5.75 Å². The molecule has 1 aliphatic rings. The number of nitrogens with zero attached hydrogens (tertiary/aromatic N) is 2. The Morgan fingerprint density at radius 1 is 1.32 bits per heavy atom. The minimum atomic E-state index is 0.232. The number of aromatic nitrogens is 2. The molecule has 0 saturated heterocycles. The van der Waals surface area contributed by atoms with E-state index in [0.29, 0.717) is 0 Å². The molecule has 0 saturated carbocycles. The summed E-state index contributed by atoms with van der Waals surface area (Å²) in [5.41, 5.74) is 5.09. The van der Waals surface area contributed by atoms with Gasteiger partial charge in [0.1, 0.15) is 5.75 Å². The summed E-state index contributed by atoms with van der Waals surface area (Å²) >= 11 is 0. The summed E-state index contributed by atoms with van der Waals surface area (Å²) in [7, 11) is 3.89. The molecular formula is C18H19N3O. The zero-order valence-corrected chi connectivity index (χ0v) is 12.8. The molecule has 4 nitrogen and oxygen atoms in total. The first-order valence-electron chi connectivity index (χ1n) is 7.56. The van der Waals surface area contributed by atoms with Crippen molar-refractivity contribution in [2.45, 2.75) is 12.5 Å². The van der Waals surface area contributed by atoms with Crippen molar-refractivity contribution in [2.24, 2.45) is 0 Å². The molecule has 3 aromatic rings. The van der Waals surface area contributed by atoms with Crippen molar-refractivity contribution < 1.29 is 4.74 Å². The van der Waals surface area contributed by atoms with Crippen LogP contribution in [0.4, 0.5) is 0 Å². The summed E-state index contributed by atoms with van der Waals surface area (Å²) < 4.78 is 5.38. The molecule has 0 amide bonds. The third-order valence-electron chi connectivity index (χ3n) is 4.58. The summed E-state index contributed by atoms with van der Waals surface area (Å²) in [5, 5.41) is 1.27. The minimum Gasteiger partial charge on any atom is -0.497 e. The van der Waals surface area contributed by atoms with Gasteiger partial charge in [-0.15, -0.1) is 0 Å². The Morgan fingerprint density at radius 2 is 2.23 bits per heavy atom. The molecule has 0 bridgehead atoms. The Hall–Kier alpha value is -2.33. The summed E-state index contributed by atoms with van der Waals surface area (Å²) in [5.74, 6) is 0.908. The highest BCUT2D eigenvalue weighted by molar-refractivity contribution is 5.86. The quantitative estimate of drug-likeness (QED) is 0.789. The van der Waals surface area contributed by atoms with E-state index in [1.807, 2.05) is 24.5 Å². The van der Waals surface area contributed by atoms with E-state index in [2.05, 4.69) is 40.1 Å². The molecule has 1 atom stereocenters. The average Bonchev–Trinajstić information content (AvgIpc) is 2.92. The van der Waals surface area contributed by atoms with Crippen LogP contribution in [0.15, 0.2) is 42.7 Å². The molecule has 1 aromatic carbocycles. The van der Waals surface area contributed by atoms with Gasteiger partial charge in [-0.25, -0.2) is 0 Å². The van der Waals surface area contributed by atoms with Crippen LogP contribution in [0.1, 0.15) is 22.9 Å². The second kappa shape index (κ2) is 5.14. The van der Waals surface area contributed by atoms with Crippen LogP contribution in [0.2, 0.25) is 0 Å². The van der Waals surface area contributed by atoms with E-state index in [4.69, 9.17) is 4.74 Å². The lowest BCUT2D eigenvalue weighted by Crippen LogP contribution is -2.32. The summed E-state index contributed by atoms with van der Waals surface area (Å²) in [6, 6.07) is 10.6. The highest BCUT2D eigenvalue weighted by atomic mass is 16.5. The highest BCUT2D eigenvalue weighted by Gasteiger charge is 2.29. The van der Waals surface area contributed by atoms with Gasteiger partial charge in [0.15, 0.2) is 0 Å². The van der Waals surface area contributed by atoms with Gasteiger partial charge >= 0.3 is 0 Å². The van der Waals surface area contributed by atoms with Gasteiger partial charge in [-0.05, 0) is 48.9 Å². The number of fused-ring (bicyclic) bond motifs is 3. The molecule has 22 heavy (non-hydrogen) atoms. The zero-order valence-electron chi connectivity index (χ0n) is 12.8. The van der Waals surface area contributed by atoms with Crippen LogP contribution in [0, 0.1) is 0 Å². The highest BCUT2D eigenvalue weighted by Crippen LogP contribution is 2.38.